The average Bonchev–Trinajstić information content (AvgIpc) is 3.41. The van der Waals surface area contributed by atoms with Crippen LogP contribution in [0.2, 0.25) is 0 Å². The molecule has 1 amide bonds. The van der Waals surface area contributed by atoms with Gasteiger partial charge in [0.2, 0.25) is 10.9 Å². The average molecular weight is 409 g/mol. The predicted molar refractivity (Wildman–Crippen MR) is 109 cm³/mol. The number of anilines is 1. The second kappa shape index (κ2) is 6.35. The van der Waals surface area contributed by atoms with Gasteiger partial charge in [-0.2, -0.15) is 0 Å². The smallest absolute Gasteiger partial charge is 0.297 e. The normalized spacial score (nSPS) is 16.3. The molecule has 1 atom stereocenters. The Kier molecular flexibility index (Phi) is 3.92. The molecule has 4 heterocycles. The van der Waals surface area contributed by atoms with Crippen molar-refractivity contribution in [2.75, 3.05) is 4.90 Å². The Balaban J connectivity index is 1.78. The van der Waals surface area contributed by atoms with Gasteiger partial charge in [0, 0.05) is 10.8 Å². The summed E-state index contributed by atoms with van der Waals surface area (Å²) in [5, 5.41) is 12.2. The lowest BCUT2D eigenvalue weighted by Gasteiger charge is -2.20. The molecule has 0 radical (unpaired) electrons. The van der Waals surface area contributed by atoms with E-state index in [0.29, 0.717) is 21.7 Å². The summed E-state index contributed by atoms with van der Waals surface area (Å²) in [6.45, 7) is 4.05. The molecule has 140 valence electrons. The first-order valence-electron chi connectivity index (χ1n) is 8.82. The molecule has 0 N–H and O–H groups in total. The van der Waals surface area contributed by atoms with Crippen LogP contribution in [0.25, 0.3) is 11.0 Å². The molecule has 3 aromatic heterocycles. The highest BCUT2D eigenvalue weighted by molar-refractivity contribution is 7.15. The van der Waals surface area contributed by atoms with E-state index >= 15 is 0 Å². The molecule has 28 heavy (non-hydrogen) atoms. The highest BCUT2D eigenvalue weighted by atomic mass is 32.1. The predicted octanol–water partition coefficient (Wildman–Crippen LogP) is 4.58. The second-order valence-corrected chi connectivity index (χ2v) is 8.81. The van der Waals surface area contributed by atoms with E-state index < -0.39 is 6.04 Å². The van der Waals surface area contributed by atoms with Crippen LogP contribution in [0.1, 0.15) is 51.8 Å². The Morgan fingerprint density at radius 2 is 1.93 bits per heavy atom. The van der Waals surface area contributed by atoms with Crippen molar-refractivity contribution >= 4 is 44.7 Å². The summed E-state index contributed by atoms with van der Waals surface area (Å²) >= 11 is 2.86. The van der Waals surface area contributed by atoms with Crippen LogP contribution in [-0.2, 0) is 0 Å². The number of carbonyl (C=O) groups excluding carboxylic acids is 1. The van der Waals surface area contributed by atoms with Crippen LogP contribution in [0.4, 0.5) is 5.13 Å². The van der Waals surface area contributed by atoms with Gasteiger partial charge in [-0.1, -0.05) is 43.4 Å². The number of amides is 1. The lowest BCUT2D eigenvalue weighted by molar-refractivity contribution is 0.0971. The molecular formula is C20H15N3O3S2. The van der Waals surface area contributed by atoms with Gasteiger partial charge in [-0.3, -0.25) is 14.5 Å². The molecule has 0 spiro atoms. The molecule has 0 fully saturated rings. The van der Waals surface area contributed by atoms with Crippen molar-refractivity contribution in [1.29, 1.82) is 0 Å². The summed E-state index contributed by atoms with van der Waals surface area (Å²) in [4.78, 5) is 29.0. The van der Waals surface area contributed by atoms with Crippen LogP contribution >= 0.6 is 22.7 Å². The summed E-state index contributed by atoms with van der Waals surface area (Å²) in [5.74, 6) is -0.0695. The molecule has 1 aliphatic rings. The molecule has 8 heteroatoms. The van der Waals surface area contributed by atoms with Gasteiger partial charge in [-0.25, -0.2) is 0 Å². The fraction of sp³-hybridized carbons (Fsp3) is 0.200. The number of thiophene rings is 1. The Morgan fingerprint density at radius 1 is 1.11 bits per heavy atom. The van der Waals surface area contributed by atoms with E-state index in [0.717, 1.165) is 9.88 Å². The van der Waals surface area contributed by atoms with Gasteiger partial charge in [0.1, 0.15) is 16.6 Å². The van der Waals surface area contributed by atoms with E-state index in [9.17, 15) is 9.59 Å². The molecular weight excluding hydrogens is 394 g/mol. The second-order valence-electron chi connectivity index (χ2n) is 6.84. The van der Waals surface area contributed by atoms with Gasteiger partial charge in [0.05, 0.1) is 10.9 Å². The summed E-state index contributed by atoms with van der Waals surface area (Å²) in [6.07, 6.45) is 0. The van der Waals surface area contributed by atoms with Gasteiger partial charge in [0.25, 0.3) is 5.91 Å². The van der Waals surface area contributed by atoms with Crippen molar-refractivity contribution < 1.29 is 9.21 Å². The van der Waals surface area contributed by atoms with E-state index in [1.165, 1.54) is 22.7 Å². The van der Waals surface area contributed by atoms with Crippen molar-refractivity contribution in [2.24, 2.45) is 0 Å². The van der Waals surface area contributed by atoms with Crippen LogP contribution in [0.15, 0.2) is 51.0 Å². The minimum atomic E-state index is -0.559. The van der Waals surface area contributed by atoms with Gasteiger partial charge < -0.3 is 4.42 Å². The first-order valence-corrected chi connectivity index (χ1v) is 10.5. The topological polar surface area (TPSA) is 76.3 Å². The number of nitrogens with zero attached hydrogens (tertiary/aromatic N) is 3. The first-order chi connectivity index (χ1) is 13.6. The molecule has 4 aromatic rings. The van der Waals surface area contributed by atoms with Crippen LogP contribution in [0.5, 0.6) is 0 Å². The van der Waals surface area contributed by atoms with E-state index in [1.54, 1.807) is 29.2 Å². The van der Waals surface area contributed by atoms with E-state index in [-0.39, 0.29) is 23.0 Å². The molecule has 0 aliphatic carbocycles. The lowest BCUT2D eigenvalue weighted by Crippen LogP contribution is -2.28. The minimum absolute atomic E-state index is 0.0865. The Bertz CT molecular complexity index is 1260. The highest BCUT2D eigenvalue weighted by Gasteiger charge is 2.45. The van der Waals surface area contributed by atoms with Crippen molar-refractivity contribution in [3.05, 3.63) is 73.2 Å². The number of rotatable bonds is 3. The minimum Gasteiger partial charge on any atom is -0.450 e. The number of aromatic nitrogens is 2. The molecule has 0 unspecified atom stereocenters. The molecule has 6 nitrogen and oxygen atoms in total. The van der Waals surface area contributed by atoms with Crippen molar-refractivity contribution in [1.82, 2.24) is 10.2 Å². The van der Waals surface area contributed by atoms with Crippen molar-refractivity contribution in [3.8, 4) is 0 Å². The molecule has 1 aromatic carbocycles. The third-order valence-corrected chi connectivity index (χ3v) is 6.87. The van der Waals surface area contributed by atoms with E-state index in [1.807, 2.05) is 31.4 Å². The van der Waals surface area contributed by atoms with Crippen LogP contribution < -0.4 is 10.3 Å². The number of benzene rings is 1. The van der Waals surface area contributed by atoms with E-state index in [4.69, 9.17) is 4.42 Å². The number of fused-ring (bicyclic) bond motifs is 2. The standard InChI is InChI=1S/C20H15N3O3S2/c1-10(2)18-21-22-20(28-18)23-15(13-8-5-9-27-13)14-16(24)11-6-3-4-7-12(11)26-17(14)19(23)25/h3-10,15H,1-2H3/t15-/m1/s1. The highest BCUT2D eigenvalue weighted by Crippen LogP contribution is 2.43. The summed E-state index contributed by atoms with van der Waals surface area (Å²) in [6, 6.07) is 10.3. The van der Waals surface area contributed by atoms with E-state index in [2.05, 4.69) is 10.2 Å². The third kappa shape index (κ3) is 2.45. The molecule has 0 saturated heterocycles. The Morgan fingerprint density at radius 3 is 2.64 bits per heavy atom. The van der Waals surface area contributed by atoms with Crippen LogP contribution in [0, 0.1) is 0 Å². The number of para-hydroxylation sites is 1. The molecule has 0 bridgehead atoms. The molecule has 1 aliphatic heterocycles. The maximum atomic E-state index is 13.3. The zero-order chi connectivity index (χ0) is 19.4. The lowest BCUT2D eigenvalue weighted by atomic mass is 10.0. The zero-order valence-electron chi connectivity index (χ0n) is 15.1. The molecule has 5 rings (SSSR count). The zero-order valence-corrected chi connectivity index (χ0v) is 16.7. The summed E-state index contributed by atoms with van der Waals surface area (Å²) in [7, 11) is 0. The fourth-order valence-corrected chi connectivity index (χ4v) is 5.09. The maximum absolute atomic E-state index is 13.3. The van der Waals surface area contributed by atoms with Crippen molar-refractivity contribution in [2.45, 2.75) is 25.8 Å². The number of hydrogen-bond acceptors (Lipinski definition) is 7. The van der Waals surface area contributed by atoms with Gasteiger partial charge in [-0.05, 0) is 23.6 Å². The maximum Gasteiger partial charge on any atom is 0.297 e. The Hall–Kier alpha value is -2.84. The fourth-order valence-electron chi connectivity index (χ4n) is 3.39. The Labute approximate surface area is 168 Å². The monoisotopic (exact) mass is 409 g/mol. The quantitative estimate of drug-likeness (QED) is 0.495. The largest absolute Gasteiger partial charge is 0.450 e. The van der Waals surface area contributed by atoms with Crippen molar-refractivity contribution in [3.63, 3.8) is 0 Å². The number of hydrogen-bond donors (Lipinski definition) is 0. The SMILES string of the molecule is CC(C)c1nnc(N2C(=O)c3oc4ccccc4c(=O)c3[C@H]2c2cccs2)s1. The van der Waals surface area contributed by atoms with Crippen LogP contribution in [-0.4, -0.2) is 16.1 Å². The van der Waals surface area contributed by atoms with Gasteiger partial charge >= 0.3 is 0 Å². The summed E-state index contributed by atoms with van der Waals surface area (Å²) in [5.41, 5.74) is 0.596. The first kappa shape index (κ1) is 17.3. The number of carbonyl (C=O) groups is 1. The van der Waals surface area contributed by atoms with Gasteiger partial charge in [-0.15, -0.1) is 21.5 Å². The van der Waals surface area contributed by atoms with Gasteiger partial charge in [0.15, 0.2) is 5.43 Å². The summed E-state index contributed by atoms with van der Waals surface area (Å²) < 4.78 is 5.90. The molecule has 0 saturated carbocycles. The third-order valence-electron chi connectivity index (χ3n) is 4.72. The van der Waals surface area contributed by atoms with Crippen LogP contribution in [0.3, 0.4) is 0 Å².